The molecule has 0 fully saturated rings. The Morgan fingerprint density at radius 1 is 1.39 bits per heavy atom. The number of carbonyl (C=O) groups is 1. The van der Waals surface area contributed by atoms with Crippen LogP contribution in [0, 0.1) is 6.92 Å². The molecule has 0 unspecified atom stereocenters. The molecular weight excluding hydrogens is 294 g/mol. The van der Waals surface area contributed by atoms with Crippen LogP contribution in [-0.4, -0.2) is 18.2 Å². The molecule has 0 radical (unpaired) electrons. The summed E-state index contributed by atoms with van der Waals surface area (Å²) in [6.07, 6.45) is 0.631. The number of ether oxygens (including phenoxy) is 1. The number of benzene rings is 1. The van der Waals surface area contributed by atoms with Gasteiger partial charge in [0.05, 0.1) is 5.69 Å². The van der Waals surface area contributed by atoms with Gasteiger partial charge in [-0.15, -0.1) is 0 Å². The van der Waals surface area contributed by atoms with Crippen molar-refractivity contribution >= 4 is 27.7 Å². The molecule has 0 N–H and O–H groups in total. The molecule has 3 nitrogen and oxygen atoms in total. The van der Waals surface area contributed by atoms with Gasteiger partial charge in [-0.2, -0.15) is 0 Å². The molecular formula is C14H18BrNO2. The second-order valence-corrected chi connectivity index (χ2v) is 6.52. The lowest BCUT2D eigenvalue weighted by atomic mass is 10.1. The standard InChI is InChI=1S/C14H18BrNO2/c1-9-7-10(15)8-12-11(9)5-6-16(12)13(17)18-14(2,3)4/h7-8H,5-6H2,1-4H3. The molecule has 2 rings (SSSR count). The molecule has 18 heavy (non-hydrogen) atoms. The molecule has 1 heterocycles. The summed E-state index contributed by atoms with van der Waals surface area (Å²) in [6.45, 7) is 8.42. The van der Waals surface area contributed by atoms with E-state index in [0.29, 0.717) is 6.54 Å². The van der Waals surface area contributed by atoms with E-state index in [1.54, 1.807) is 4.90 Å². The topological polar surface area (TPSA) is 29.5 Å². The highest BCUT2D eigenvalue weighted by atomic mass is 79.9. The summed E-state index contributed by atoms with van der Waals surface area (Å²) in [5, 5.41) is 0. The van der Waals surface area contributed by atoms with Crippen LogP contribution < -0.4 is 4.90 Å². The van der Waals surface area contributed by atoms with Crippen LogP contribution >= 0.6 is 15.9 Å². The van der Waals surface area contributed by atoms with Gasteiger partial charge in [-0.25, -0.2) is 4.79 Å². The van der Waals surface area contributed by atoms with Crippen LogP contribution in [0.4, 0.5) is 10.5 Å². The van der Waals surface area contributed by atoms with Crippen molar-refractivity contribution in [2.24, 2.45) is 0 Å². The van der Waals surface area contributed by atoms with Crippen molar-refractivity contribution in [2.75, 3.05) is 11.4 Å². The zero-order valence-electron chi connectivity index (χ0n) is 11.2. The van der Waals surface area contributed by atoms with Gasteiger partial charge in [0, 0.05) is 11.0 Å². The average Bonchev–Trinajstić information content (AvgIpc) is 2.58. The number of hydrogen-bond acceptors (Lipinski definition) is 2. The third-order valence-electron chi connectivity index (χ3n) is 2.90. The lowest BCUT2D eigenvalue weighted by molar-refractivity contribution is 0.0584. The van der Waals surface area contributed by atoms with E-state index in [0.717, 1.165) is 16.6 Å². The summed E-state index contributed by atoms with van der Waals surface area (Å²) in [5.74, 6) is 0. The monoisotopic (exact) mass is 311 g/mol. The highest BCUT2D eigenvalue weighted by Gasteiger charge is 2.29. The fraction of sp³-hybridized carbons (Fsp3) is 0.500. The normalized spacial score (nSPS) is 14.6. The molecule has 0 saturated heterocycles. The molecule has 1 aliphatic rings. The Morgan fingerprint density at radius 2 is 2.06 bits per heavy atom. The minimum atomic E-state index is -0.457. The summed E-state index contributed by atoms with van der Waals surface area (Å²) < 4.78 is 6.42. The SMILES string of the molecule is Cc1cc(Br)cc2c1CCN2C(=O)OC(C)(C)C. The molecule has 0 saturated carbocycles. The summed E-state index contributed by atoms with van der Waals surface area (Å²) in [4.78, 5) is 13.9. The molecule has 1 amide bonds. The van der Waals surface area contributed by atoms with Gasteiger partial charge in [-0.05, 0) is 57.4 Å². The molecule has 0 spiro atoms. The predicted molar refractivity (Wildman–Crippen MR) is 76.2 cm³/mol. The largest absolute Gasteiger partial charge is 0.443 e. The Balaban J connectivity index is 2.29. The van der Waals surface area contributed by atoms with Crippen molar-refractivity contribution in [3.8, 4) is 0 Å². The zero-order valence-corrected chi connectivity index (χ0v) is 12.8. The number of halogens is 1. The average molecular weight is 312 g/mol. The second-order valence-electron chi connectivity index (χ2n) is 5.60. The van der Waals surface area contributed by atoms with Gasteiger partial charge >= 0.3 is 6.09 Å². The predicted octanol–water partition coefficient (Wildman–Crippen LogP) is 4.06. The van der Waals surface area contributed by atoms with E-state index in [4.69, 9.17) is 4.74 Å². The maximum Gasteiger partial charge on any atom is 0.414 e. The fourth-order valence-electron chi connectivity index (χ4n) is 2.17. The number of anilines is 1. The van der Waals surface area contributed by atoms with E-state index in [1.807, 2.05) is 26.8 Å². The van der Waals surface area contributed by atoms with Crippen molar-refractivity contribution in [3.05, 3.63) is 27.7 Å². The highest BCUT2D eigenvalue weighted by Crippen LogP contribution is 2.34. The Bertz CT molecular complexity index is 491. The lowest BCUT2D eigenvalue weighted by Crippen LogP contribution is -2.35. The van der Waals surface area contributed by atoms with Crippen LogP contribution in [0.15, 0.2) is 16.6 Å². The van der Waals surface area contributed by atoms with Crippen molar-refractivity contribution in [1.82, 2.24) is 0 Å². The van der Waals surface area contributed by atoms with Gasteiger partial charge in [0.15, 0.2) is 0 Å². The van der Waals surface area contributed by atoms with Crippen LogP contribution in [0.3, 0.4) is 0 Å². The van der Waals surface area contributed by atoms with Crippen LogP contribution in [0.25, 0.3) is 0 Å². The van der Waals surface area contributed by atoms with Crippen molar-refractivity contribution in [3.63, 3.8) is 0 Å². The third-order valence-corrected chi connectivity index (χ3v) is 3.36. The molecule has 1 aromatic rings. The van der Waals surface area contributed by atoms with Gasteiger partial charge in [0.25, 0.3) is 0 Å². The first-order chi connectivity index (χ1) is 8.28. The maximum absolute atomic E-state index is 12.1. The van der Waals surface area contributed by atoms with Gasteiger partial charge in [-0.3, -0.25) is 4.90 Å². The van der Waals surface area contributed by atoms with Gasteiger partial charge in [0.1, 0.15) is 5.60 Å². The third kappa shape index (κ3) is 2.69. The summed E-state index contributed by atoms with van der Waals surface area (Å²) in [7, 11) is 0. The van der Waals surface area contributed by atoms with E-state index in [-0.39, 0.29) is 6.09 Å². The van der Waals surface area contributed by atoms with E-state index >= 15 is 0 Å². The first-order valence-corrected chi connectivity index (χ1v) is 6.87. The van der Waals surface area contributed by atoms with Gasteiger partial charge < -0.3 is 4.74 Å². The molecule has 1 aliphatic heterocycles. The fourth-order valence-corrected chi connectivity index (χ4v) is 2.73. The number of aryl methyl sites for hydroxylation is 1. The van der Waals surface area contributed by atoms with E-state index in [2.05, 4.69) is 28.9 Å². The molecule has 0 bridgehead atoms. The Hall–Kier alpha value is -1.03. The number of rotatable bonds is 0. The molecule has 0 aromatic heterocycles. The number of fused-ring (bicyclic) bond motifs is 1. The smallest absolute Gasteiger partial charge is 0.414 e. The molecule has 0 aliphatic carbocycles. The number of carbonyl (C=O) groups excluding carboxylic acids is 1. The number of amides is 1. The van der Waals surface area contributed by atoms with Crippen molar-refractivity contribution < 1.29 is 9.53 Å². The van der Waals surface area contributed by atoms with Crippen LogP contribution in [0.1, 0.15) is 31.9 Å². The van der Waals surface area contributed by atoms with E-state index < -0.39 is 5.60 Å². The maximum atomic E-state index is 12.1. The van der Waals surface area contributed by atoms with Crippen LogP contribution in [0.2, 0.25) is 0 Å². The highest BCUT2D eigenvalue weighted by molar-refractivity contribution is 9.10. The molecule has 4 heteroatoms. The number of hydrogen-bond donors (Lipinski definition) is 0. The summed E-state index contributed by atoms with van der Waals surface area (Å²) >= 11 is 3.47. The van der Waals surface area contributed by atoms with Crippen LogP contribution in [-0.2, 0) is 11.2 Å². The Morgan fingerprint density at radius 3 is 2.67 bits per heavy atom. The minimum absolute atomic E-state index is 0.265. The molecule has 1 aromatic carbocycles. The first-order valence-electron chi connectivity index (χ1n) is 6.07. The minimum Gasteiger partial charge on any atom is -0.443 e. The summed E-state index contributed by atoms with van der Waals surface area (Å²) in [5.41, 5.74) is 2.96. The number of nitrogens with zero attached hydrogens (tertiary/aromatic N) is 1. The van der Waals surface area contributed by atoms with E-state index in [9.17, 15) is 4.79 Å². The second kappa shape index (κ2) is 4.57. The van der Waals surface area contributed by atoms with Crippen molar-refractivity contribution in [1.29, 1.82) is 0 Å². The van der Waals surface area contributed by atoms with Crippen molar-refractivity contribution in [2.45, 2.75) is 39.7 Å². The summed E-state index contributed by atoms with van der Waals surface area (Å²) in [6, 6.07) is 4.07. The zero-order chi connectivity index (χ0) is 13.5. The van der Waals surface area contributed by atoms with Gasteiger partial charge in [-0.1, -0.05) is 15.9 Å². The van der Waals surface area contributed by atoms with E-state index in [1.165, 1.54) is 11.1 Å². The quantitative estimate of drug-likeness (QED) is 0.723. The Labute approximate surface area is 116 Å². The first kappa shape index (κ1) is 13.4. The molecule has 0 atom stereocenters. The Kier molecular flexibility index (Phi) is 3.41. The molecule has 98 valence electrons. The lowest BCUT2D eigenvalue weighted by Gasteiger charge is -2.25. The van der Waals surface area contributed by atoms with Gasteiger partial charge in [0.2, 0.25) is 0 Å². The van der Waals surface area contributed by atoms with Crippen LogP contribution in [0.5, 0.6) is 0 Å².